The monoisotopic (exact) mass is 457 g/mol. The van der Waals surface area contributed by atoms with Gasteiger partial charge in [0.15, 0.2) is 0 Å². The molecule has 6 rings (SSSR count). The maximum Gasteiger partial charge on any atom is 0.265 e. The van der Waals surface area contributed by atoms with Crippen LogP contribution in [0.1, 0.15) is 16.7 Å². The van der Waals surface area contributed by atoms with E-state index in [9.17, 15) is 0 Å². The molecule has 3 aliphatic rings. The molecule has 0 aromatic heterocycles. The zero-order valence-corrected chi connectivity index (χ0v) is 19.2. The van der Waals surface area contributed by atoms with Crippen LogP contribution in [0.2, 0.25) is 0 Å². The van der Waals surface area contributed by atoms with Gasteiger partial charge < -0.3 is 4.74 Å². The van der Waals surface area contributed by atoms with Gasteiger partial charge in [0.2, 0.25) is 5.70 Å². The number of hydrogen-bond donors (Lipinski definition) is 1. The molecular weight excluding hydrogens is 432 g/mol. The summed E-state index contributed by atoms with van der Waals surface area (Å²) in [5, 5.41) is 0. The largest absolute Gasteiger partial charge is 0.489 e. The number of hydrogen-bond acceptors (Lipinski definition) is 4. The first-order valence-electron chi connectivity index (χ1n) is 11.7. The zero-order chi connectivity index (χ0) is 23.5. The van der Waals surface area contributed by atoms with Crippen molar-refractivity contribution in [1.29, 1.82) is 0 Å². The standard InChI is InChI=1S/C30H25N4O/c1-3-9-23(10-4-1)20-32-34-18-17-31-21-28(34)29(25-13-7-14-25)33-30(34)26-15-8-16-27(19-26)35-22-24-11-5-2-6-12-24/h1-19,21,32H,20,22H2/q+1. The molecule has 0 saturated carbocycles. The molecule has 1 atom stereocenters. The highest BCUT2D eigenvalue weighted by Crippen LogP contribution is 2.38. The first kappa shape index (κ1) is 21.2. The average molecular weight is 458 g/mol. The Bertz CT molecular complexity index is 1430. The number of fused-ring (bicyclic) bond motifs is 1. The molecule has 0 saturated heterocycles. The fraction of sp³-hybridized carbons (Fsp3) is 0.0667. The Morgan fingerprint density at radius 2 is 1.63 bits per heavy atom. The minimum atomic E-state index is 0.293. The SMILES string of the molecule is C1=CC(C2=C3C=NC=C[N+]3(NCc3ccccc3)C(c3cccc(OCc4ccccc4)c3)=N2)=C1. The van der Waals surface area contributed by atoms with Gasteiger partial charge in [0.1, 0.15) is 24.3 Å². The van der Waals surface area contributed by atoms with Crippen LogP contribution in [0.4, 0.5) is 0 Å². The first-order chi connectivity index (χ1) is 17.3. The Balaban J connectivity index is 1.35. The van der Waals surface area contributed by atoms with Crippen LogP contribution in [-0.4, -0.2) is 16.6 Å². The Kier molecular flexibility index (Phi) is 5.54. The highest BCUT2D eigenvalue weighted by atomic mass is 16.5. The Labute approximate surface area is 205 Å². The summed E-state index contributed by atoms with van der Waals surface area (Å²) < 4.78 is 6.43. The summed E-state index contributed by atoms with van der Waals surface area (Å²) in [5.41, 5.74) is 10.1. The third-order valence-electron chi connectivity index (χ3n) is 6.29. The van der Waals surface area contributed by atoms with Gasteiger partial charge in [-0.2, -0.15) is 4.99 Å². The molecule has 2 heterocycles. The Morgan fingerprint density at radius 1 is 0.857 bits per heavy atom. The third kappa shape index (κ3) is 4.08. The fourth-order valence-corrected chi connectivity index (χ4v) is 4.40. The van der Waals surface area contributed by atoms with E-state index in [0.29, 0.717) is 17.7 Å². The number of nitrogens with one attached hydrogen (secondary N) is 1. The molecule has 1 unspecified atom stereocenters. The second-order valence-electron chi connectivity index (χ2n) is 8.57. The maximum absolute atomic E-state index is 6.13. The minimum absolute atomic E-state index is 0.293. The van der Waals surface area contributed by atoms with E-state index < -0.39 is 0 Å². The Morgan fingerprint density at radius 3 is 2.37 bits per heavy atom. The molecule has 0 spiro atoms. The van der Waals surface area contributed by atoms with Gasteiger partial charge in [0.25, 0.3) is 5.84 Å². The molecule has 1 aliphatic carbocycles. The van der Waals surface area contributed by atoms with Gasteiger partial charge in [-0.05, 0) is 29.3 Å². The van der Waals surface area contributed by atoms with Crippen LogP contribution in [0.5, 0.6) is 5.75 Å². The summed E-state index contributed by atoms with van der Waals surface area (Å²) in [6, 6.07) is 28.8. The van der Waals surface area contributed by atoms with Crippen molar-refractivity contribution in [2.75, 3.05) is 0 Å². The molecule has 1 N–H and O–H groups in total. The molecule has 170 valence electrons. The lowest BCUT2D eigenvalue weighted by Gasteiger charge is -2.32. The molecule has 2 aliphatic heterocycles. The lowest BCUT2D eigenvalue weighted by molar-refractivity contribution is -0.791. The minimum Gasteiger partial charge on any atom is -0.489 e. The van der Waals surface area contributed by atoms with E-state index in [4.69, 9.17) is 9.73 Å². The first-order valence-corrected chi connectivity index (χ1v) is 11.7. The fourth-order valence-electron chi connectivity index (χ4n) is 4.40. The van der Waals surface area contributed by atoms with Gasteiger partial charge in [0.05, 0.1) is 24.5 Å². The summed E-state index contributed by atoms with van der Waals surface area (Å²) in [7, 11) is 0. The van der Waals surface area contributed by atoms with Crippen LogP contribution in [0, 0.1) is 0 Å². The van der Waals surface area contributed by atoms with E-state index in [0.717, 1.165) is 39.7 Å². The highest BCUT2D eigenvalue weighted by molar-refractivity contribution is 6.01. The van der Waals surface area contributed by atoms with E-state index >= 15 is 0 Å². The van der Waals surface area contributed by atoms with Gasteiger partial charge in [-0.3, -0.25) is 4.99 Å². The zero-order valence-electron chi connectivity index (χ0n) is 19.2. The van der Waals surface area contributed by atoms with Crippen molar-refractivity contribution in [3.63, 3.8) is 0 Å². The van der Waals surface area contributed by atoms with Crippen molar-refractivity contribution in [3.8, 4) is 5.75 Å². The van der Waals surface area contributed by atoms with E-state index in [1.165, 1.54) is 5.56 Å². The quantitative estimate of drug-likeness (QED) is 0.434. The third-order valence-corrected chi connectivity index (χ3v) is 6.29. The van der Waals surface area contributed by atoms with E-state index in [2.05, 4.69) is 77.3 Å². The van der Waals surface area contributed by atoms with Gasteiger partial charge >= 0.3 is 0 Å². The molecule has 0 fully saturated rings. The molecule has 35 heavy (non-hydrogen) atoms. The number of nitrogens with zero attached hydrogens (tertiary/aromatic N) is 3. The molecule has 0 bridgehead atoms. The van der Waals surface area contributed by atoms with Crippen LogP contribution in [0.25, 0.3) is 0 Å². The van der Waals surface area contributed by atoms with Gasteiger partial charge in [-0.25, -0.2) is 0 Å². The number of allylic oxidation sites excluding steroid dienone is 4. The van der Waals surface area contributed by atoms with Crippen molar-refractivity contribution in [3.05, 3.63) is 149 Å². The molecule has 0 amide bonds. The molecule has 0 radical (unpaired) electrons. The second-order valence-corrected chi connectivity index (χ2v) is 8.57. The van der Waals surface area contributed by atoms with E-state index in [1.807, 2.05) is 54.9 Å². The summed E-state index contributed by atoms with van der Waals surface area (Å²) in [6.07, 6.45) is 12.0. The molecular formula is C30H25N4O+. The molecule has 3 aromatic carbocycles. The predicted molar refractivity (Wildman–Crippen MR) is 139 cm³/mol. The predicted octanol–water partition coefficient (Wildman–Crippen LogP) is 5.81. The van der Waals surface area contributed by atoms with E-state index in [1.54, 1.807) is 0 Å². The smallest absolute Gasteiger partial charge is 0.265 e. The van der Waals surface area contributed by atoms with Gasteiger partial charge in [0, 0.05) is 5.57 Å². The topological polar surface area (TPSA) is 46.0 Å². The van der Waals surface area contributed by atoms with Crippen LogP contribution in [0.3, 0.4) is 0 Å². The number of benzene rings is 3. The average Bonchev–Trinajstić information content (AvgIpc) is 3.22. The highest BCUT2D eigenvalue weighted by Gasteiger charge is 2.47. The number of amidine groups is 1. The molecule has 5 nitrogen and oxygen atoms in total. The van der Waals surface area contributed by atoms with E-state index in [-0.39, 0.29) is 0 Å². The van der Waals surface area contributed by atoms with Gasteiger partial charge in [-0.15, -0.1) is 10.0 Å². The molecule has 5 heteroatoms. The maximum atomic E-state index is 6.13. The Hall–Kier alpha value is -4.32. The van der Waals surface area contributed by atoms with Crippen molar-refractivity contribution >= 4 is 12.1 Å². The second kappa shape index (κ2) is 9.14. The van der Waals surface area contributed by atoms with Crippen LogP contribution in [-0.2, 0) is 13.2 Å². The summed E-state index contributed by atoms with van der Waals surface area (Å²) in [6.45, 7) is 1.19. The number of aliphatic imine (C=N–C) groups is 2. The summed E-state index contributed by atoms with van der Waals surface area (Å²) in [5.74, 6) is 1.70. The van der Waals surface area contributed by atoms with Crippen LogP contribution < -0.4 is 10.2 Å². The molecule has 3 aromatic rings. The van der Waals surface area contributed by atoms with Crippen molar-refractivity contribution in [1.82, 2.24) is 5.43 Å². The normalized spacial score (nSPS) is 19.8. The summed E-state index contributed by atoms with van der Waals surface area (Å²) >= 11 is 0. The number of ether oxygens (including phenoxy) is 1. The van der Waals surface area contributed by atoms with Crippen molar-refractivity contribution < 1.29 is 9.33 Å². The number of quaternary nitrogens is 1. The van der Waals surface area contributed by atoms with Crippen molar-refractivity contribution in [2.45, 2.75) is 13.2 Å². The van der Waals surface area contributed by atoms with Crippen molar-refractivity contribution in [2.24, 2.45) is 9.98 Å². The van der Waals surface area contributed by atoms with Crippen LogP contribution >= 0.6 is 0 Å². The summed E-state index contributed by atoms with van der Waals surface area (Å²) in [4.78, 5) is 9.61. The van der Waals surface area contributed by atoms with Gasteiger partial charge in [-0.1, -0.05) is 85.0 Å². The lowest BCUT2D eigenvalue weighted by atomic mass is 10.0. The lowest BCUT2D eigenvalue weighted by Crippen LogP contribution is -2.56. The van der Waals surface area contributed by atoms with Crippen LogP contribution in [0.15, 0.2) is 143 Å². The number of rotatable bonds is 8.